The van der Waals surface area contributed by atoms with Gasteiger partial charge in [0.15, 0.2) is 11.5 Å². The largest absolute Gasteiger partial charge is 0.493 e. The summed E-state index contributed by atoms with van der Waals surface area (Å²) in [5.74, 6) is 0.865. The first kappa shape index (κ1) is 18.0. The van der Waals surface area contributed by atoms with E-state index in [1.807, 2.05) is 26.0 Å². The molecular weight excluding hydrogens is 303 g/mol. The average molecular weight is 323 g/mol. The third-order valence-electron chi connectivity index (χ3n) is 2.58. The molecule has 21 heavy (non-hydrogen) atoms. The van der Waals surface area contributed by atoms with Crippen molar-refractivity contribution in [1.82, 2.24) is 5.32 Å². The minimum absolute atomic E-state index is 0.0285. The van der Waals surface area contributed by atoms with E-state index in [0.717, 1.165) is 5.56 Å². The summed E-state index contributed by atoms with van der Waals surface area (Å²) in [5, 5.41) is 3.25. The Morgan fingerprint density at radius 2 is 2.00 bits per heavy atom. The third kappa shape index (κ3) is 6.95. The summed E-state index contributed by atoms with van der Waals surface area (Å²) < 4.78 is 47.0. The predicted octanol–water partition coefficient (Wildman–Crippen LogP) is 3.83. The first-order valence-electron chi connectivity index (χ1n) is 6.56. The van der Waals surface area contributed by atoms with Crippen LogP contribution in [0.2, 0.25) is 0 Å². The van der Waals surface area contributed by atoms with Gasteiger partial charge in [0, 0.05) is 23.9 Å². The van der Waals surface area contributed by atoms with E-state index in [0.29, 0.717) is 24.1 Å². The lowest BCUT2D eigenvalue weighted by Gasteiger charge is -2.16. The fraction of sp³-hybridized carbons (Fsp3) is 0.571. The second-order valence-corrected chi connectivity index (χ2v) is 5.79. The van der Waals surface area contributed by atoms with Crippen molar-refractivity contribution in [1.29, 1.82) is 0 Å². The molecule has 0 radical (unpaired) electrons. The molecule has 1 aromatic carbocycles. The molecule has 0 bridgehead atoms. The summed E-state index contributed by atoms with van der Waals surface area (Å²) in [5.41, 5.74) is -3.37. The molecule has 0 amide bonds. The molecule has 0 atom stereocenters. The Hall–Kier alpha value is -1.08. The predicted molar refractivity (Wildman–Crippen MR) is 79.0 cm³/mol. The number of benzene rings is 1. The van der Waals surface area contributed by atoms with Crippen LogP contribution >= 0.6 is 11.8 Å². The number of alkyl halides is 3. The summed E-state index contributed by atoms with van der Waals surface area (Å²) in [6.45, 7) is 4.57. The number of methoxy groups -OCH3 is 1. The highest BCUT2D eigenvalue weighted by Gasteiger charge is 2.27. The summed E-state index contributed by atoms with van der Waals surface area (Å²) in [4.78, 5) is 0. The van der Waals surface area contributed by atoms with E-state index in [1.54, 1.807) is 6.07 Å². The fourth-order valence-electron chi connectivity index (χ4n) is 1.64. The van der Waals surface area contributed by atoms with Crippen LogP contribution in [0.5, 0.6) is 11.5 Å². The molecule has 3 nitrogen and oxygen atoms in total. The van der Waals surface area contributed by atoms with Crippen molar-refractivity contribution in [3.8, 4) is 11.5 Å². The van der Waals surface area contributed by atoms with Gasteiger partial charge in [0.25, 0.3) is 0 Å². The molecule has 7 heteroatoms. The first-order chi connectivity index (χ1) is 9.83. The molecule has 0 aromatic heterocycles. The van der Waals surface area contributed by atoms with Gasteiger partial charge in [-0.2, -0.15) is 13.2 Å². The molecule has 0 aliphatic carbocycles. The van der Waals surface area contributed by atoms with E-state index in [-0.39, 0.29) is 24.1 Å². The molecule has 0 saturated heterocycles. The van der Waals surface area contributed by atoms with Crippen molar-refractivity contribution >= 4 is 11.8 Å². The smallest absolute Gasteiger partial charge is 0.441 e. The minimum atomic E-state index is -4.23. The molecule has 0 heterocycles. The van der Waals surface area contributed by atoms with Crippen LogP contribution in [0.15, 0.2) is 18.2 Å². The van der Waals surface area contributed by atoms with Crippen LogP contribution in [-0.2, 0) is 6.54 Å². The number of para-hydroxylation sites is 1. The van der Waals surface area contributed by atoms with Crippen molar-refractivity contribution in [3.05, 3.63) is 23.8 Å². The van der Waals surface area contributed by atoms with Crippen molar-refractivity contribution in [3.63, 3.8) is 0 Å². The highest BCUT2D eigenvalue weighted by molar-refractivity contribution is 8.00. The van der Waals surface area contributed by atoms with Crippen LogP contribution in [0.25, 0.3) is 0 Å². The first-order valence-corrected chi connectivity index (χ1v) is 7.55. The van der Waals surface area contributed by atoms with Crippen molar-refractivity contribution in [2.45, 2.75) is 31.9 Å². The summed E-state index contributed by atoms with van der Waals surface area (Å²) in [7, 11) is 1.51. The minimum Gasteiger partial charge on any atom is -0.493 e. The zero-order valence-corrected chi connectivity index (χ0v) is 13.1. The molecule has 0 saturated carbocycles. The topological polar surface area (TPSA) is 30.5 Å². The SMILES string of the molecule is COc1cccc(CNC(C)C)c1OCCSC(F)(F)F. The Balaban J connectivity index is 2.68. The highest BCUT2D eigenvalue weighted by Crippen LogP contribution is 2.33. The van der Waals surface area contributed by atoms with Crippen LogP contribution in [0.4, 0.5) is 13.2 Å². The van der Waals surface area contributed by atoms with Gasteiger partial charge in [0.05, 0.1) is 13.7 Å². The molecule has 1 N–H and O–H groups in total. The Morgan fingerprint density at radius 3 is 2.57 bits per heavy atom. The summed E-state index contributed by atoms with van der Waals surface area (Å²) >= 11 is -0.0911. The second-order valence-electron chi connectivity index (χ2n) is 4.63. The van der Waals surface area contributed by atoms with Gasteiger partial charge in [-0.15, -0.1) is 0 Å². The Morgan fingerprint density at radius 1 is 1.29 bits per heavy atom. The van der Waals surface area contributed by atoms with E-state index >= 15 is 0 Å². The van der Waals surface area contributed by atoms with Gasteiger partial charge in [0.1, 0.15) is 0 Å². The zero-order chi connectivity index (χ0) is 15.9. The van der Waals surface area contributed by atoms with E-state index in [4.69, 9.17) is 9.47 Å². The molecule has 0 aliphatic rings. The quantitative estimate of drug-likeness (QED) is 0.737. The van der Waals surface area contributed by atoms with Gasteiger partial charge >= 0.3 is 5.51 Å². The van der Waals surface area contributed by atoms with Gasteiger partial charge in [-0.3, -0.25) is 0 Å². The lowest BCUT2D eigenvalue weighted by atomic mass is 10.1. The Labute approximate surface area is 127 Å². The summed E-state index contributed by atoms with van der Waals surface area (Å²) in [6.07, 6.45) is 0. The number of hydrogen-bond donors (Lipinski definition) is 1. The van der Waals surface area contributed by atoms with Crippen LogP contribution in [-0.4, -0.2) is 31.0 Å². The van der Waals surface area contributed by atoms with E-state index in [2.05, 4.69) is 5.32 Å². The number of rotatable bonds is 8. The number of halogens is 3. The second kappa shape index (κ2) is 8.38. The average Bonchev–Trinajstić information content (AvgIpc) is 2.40. The monoisotopic (exact) mass is 323 g/mol. The highest BCUT2D eigenvalue weighted by atomic mass is 32.2. The standard InChI is InChI=1S/C14H20F3NO2S/c1-10(2)18-9-11-5-4-6-12(19-3)13(11)20-7-8-21-14(15,16)17/h4-6,10,18H,7-9H2,1-3H3. The lowest BCUT2D eigenvalue weighted by molar-refractivity contribution is -0.0329. The van der Waals surface area contributed by atoms with E-state index < -0.39 is 5.51 Å². The molecule has 0 aliphatic heterocycles. The number of ether oxygens (including phenoxy) is 2. The molecular formula is C14H20F3NO2S. The van der Waals surface area contributed by atoms with Crippen molar-refractivity contribution in [2.24, 2.45) is 0 Å². The van der Waals surface area contributed by atoms with Crippen LogP contribution in [0.1, 0.15) is 19.4 Å². The number of nitrogens with one attached hydrogen (secondary N) is 1. The van der Waals surface area contributed by atoms with Crippen molar-refractivity contribution in [2.75, 3.05) is 19.5 Å². The van der Waals surface area contributed by atoms with Gasteiger partial charge in [-0.25, -0.2) is 0 Å². The molecule has 0 spiro atoms. The van der Waals surface area contributed by atoms with E-state index in [1.165, 1.54) is 7.11 Å². The number of thioether (sulfide) groups is 1. The zero-order valence-electron chi connectivity index (χ0n) is 12.3. The maximum atomic E-state index is 12.1. The van der Waals surface area contributed by atoms with Crippen LogP contribution in [0, 0.1) is 0 Å². The molecule has 0 unspecified atom stereocenters. The van der Waals surface area contributed by atoms with Crippen LogP contribution in [0.3, 0.4) is 0 Å². The number of hydrogen-bond acceptors (Lipinski definition) is 4. The van der Waals surface area contributed by atoms with Gasteiger partial charge in [0.2, 0.25) is 0 Å². The van der Waals surface area contributed by atoms with E-state index in [9.17, 15) is 13.2 Å². The third-order valence-corrected chi connectivity index (χ3v) is 3.27. The van der Waals surface area contributed by atoms with Gasteiger partial charge < -0.3 is 14.8 Å². The van der Waals surface area contributed by atoms with Gasteiger partial charge in [-0.05, 0) is 17.8 Å². The lowest BCUT2D eigenvalue weighted by Crippen LogP contribution is -2.22. The van der Waals surface area contributed by atoms with Crippen molar-refractivity contribution < 1.29 is 22.6 Å². The Kier molecular flexibility index (Phi) is 7.17. The molecule has 0 fully saturated rings. The maximum Gasteiger partial charge on any atom is 0.441 e. The molecule has 1 rings (SSSR count). The molecule has 120 valence electrons. The Bertz CT molecular complexity index is 439. The van der Waals surface area contributed by atoms with Crippen LogP contribution < -0.4 is 14.8 Å². The summed E-state index contributed by atoms with van der Waals surface area (Å²) in [6, 6.07) is 5.72. The fourth-order valence-corrected chi connectivity index (χ4v) is 2.04. The normalized spacial score (nSPS) is 11.8. The molecule has 1 aromatic rings. The van der Waals surface area contributed by atoms with Gasteiger partial charge in [-0.1, -0.05) is 26.0 Å². The maximum absolute atomic E-state index is 12.1.